The summed E-state index contributed by atoms with van der Waals surface area (Å²) in [5.74, 6) is -0.337. The normalized spacial score (nSPS) is 11.2. The lowest BCUT2D eigenvalue weighted by atomic mass is 10.1. The number of nitrogens with zero attached hydrogens (tertiary/aromatic N) is 3. The second-order valence-corrected chi connectivity index (χ2v) is 4.78. The van der Waals surface area contributed by atoms with Gasteiger partial charge >= 0.3 is 0 Å². The van der Waals surface area contributed by atoms with Gasteiger partial charge in [-0.25, -0.2) is 8.78 Å². The fourth-order valence-electron chi connectivity index (χ4n) is 1.82. The highest BCUT2D eigenvalue weighted by Crippen LogP contribution is 2.24. The van der Waals surface area contributed by atoms with Crippen LogP contribution in [0.15, 0.2) is 18.5 Å². The minimum absolute atomic E-state index is 0.284. The van der Waals surface area contributed by atoms with E-state index in [1.54, 1.807) is 17.8 Å². The van der Waals surface area contributed by atoms with Gasteiger partial charge in [-0.1, -0.05) is 13.8 Å². The molecule has 0 saturated carbocycles. The summed E-state index contributed by atoms with van der Waals surface area (Å²) in [6, 6.07) is 2.35. The fraction of sp³-hybridized carbons (Fsp3) is 0.385. The Labute approximate surface area is 104 Å². The number of hydrogen-bond acceptors (Lipinski definition) is 2. The molecule has 2 rings (SSSR count). The molecule has 0 N–H and O–H groups in total. The second kappa shape index (κ2) is 4.84. The minimum Gasteiger partial charge on any atom is -0.313 e. The minimum atomic E-state index is -0.615. The maximum Gasteiger partial charge on any atom is 0.166 e. The molecule has 3 nitrogen and oxygen atoms in total. The molecule has 0 radical (unpaired) electrons. The summed E-state index contributed by atoms with van der Waals surface area (Å²) >= 11 is 0. The summed E-state index contributed by atoms with van der Waals surface area (Å²) in [6.45, 7) is 6.39. The molecule has 0 amide bonds. The predicted octanol–water partition coefficient (Wildman–Crippen LogP) is 3.19. The SMILES string of the molecule is Cc1cc(-c2nncn2CC(C)C)c(F)cc1F. The van der Waals surface area contributed by atoms with Crippen LogP contribution in [0.25, 0.3) is 11.4 Å². The van der Waals surface area contributed by atoms with E-state index in [2.05, 4.69) is 24.0 Å². The van der Waals surface area contributed by atoms with Crippen molar-refractivity contribution in [3.05, 3.63) is 35.7 Å². The van der Waals surface area contributed by atoms with E-state index in [1.165, 1.54) is 6.07 Å². The average molecular weight is 251 g/mol. The molecule has 0 fully saturated rings. The Kier molecular flexibility index (Phi) is 3.41. The van der Waals surface area contributed by atoms with Crippen molar-refractivity contribution in [2.24, 2.45) is 5.92 Å². The van der Waals surface area contributed by atoms with Gasteiger partial charge in [-0.05, 0) is 24.5 Å². The predicted molar refractivity (Wildman–Crippen MR) is 64.9 cm³/mol. The van der Waals surface area contributed by atoms with Crippen LogP contribution in [0.4, 0.5) is 8.78 Å². The third kappa shape index (κ3) is 2.39. The standard InChI is InChI=1S/C13H15F2N3/c1-8(2)6-18-7-16-17-13(18)10-4-9(3)11(14)5-12(10)15/h4-5,7-8H,6H2,1-3H3. The Morgan fingerprint density at radius 3 is 2.61 bits per heavy atom. The van der Waals surface area contributed by atoms with Crippen LogP contribution in [0.3, 0.4) is 0 Å². The molecule has 96 valence electrons. The van der Waals surface area contributed by atoms with Gasteiger partial charge in [0.2, 0.25) is 0 Å². The molecule has 1 aromatic carbocycles. The molecule has 0 unspecified atom stereocenters. The van der Waals surface area contributed by atoms with Crippen LogP contribution in [-0.4, -0.2) is 14.8 Å². The lowest BCUT2D eigenvalue weighted by molar-refractivity contribution is 0.523. The summed E-state index contributed by atoms with van der Waals surface area (Å²) in [6.07, 6.45) is 1.56. The van der Waals surface area contributed by atoms with Crippen LogP contribution in [0.2, 0.25) is 0 Å². The maximum absolute atomic E-state index is 13.8. The summed E-state index contributed by atoms with van der Waals surface area (Å²) < 4.78 is 28.8. The molecule has 0 saturated heterocycles. The van der Waals surface area contributed by atoms with Crippen molar-refractivity contribution in [1.29, 1.82) is 0 Å². The van der Waals surface area contributed by atoms with Crippen molar-refractivity contribution in [2.45, 2.75) is 27.3 Å². The summed E-state index contributed by atoms with van der Waals surface area (Å²) in [5, 5.41) is 7.72. The van der Waals surface area contributed by atoms with Crippen LogP contribution < -0.4 is 0 Å². The van der Waals surface area contributed by atoms with Crippen molar-refractivity contribution in [1.82, 2.24) is 14.8 Å². The molecule has 2 aromatic rings. The first-order valence-electron chi connectivity index (χ1n) is 5.83. The van der Waals surface area contributed by atoms with E-state index < -0.39 is 11.6 Å². The highest BCUT2D eigenvalue weighted by atomic mass is 19.1. The first kappa shape index (κ1) is 12.7. The van der Waals surface area contributed by atoms with Crippen molar-refractivity contribution in [3.8, 4) is 11.4 Å². The zero-order valence-electron chi connectivity index (χ0n) is 10.6. The van der Waals surface area contributed by atoms with Crippen molar-refractivity contribution in [2.75, 3.05) is 0 Å². The monoisotopic (exact) mass is 251 g/mol. The molecule has 18 heavy (non-hydrogen) atoms. The fourth-order valence-corrected chi connectivity index (χ4v) is 1.82. The van der Waals surface area contributed by atoms with Crippen molar-refractivity contribution >= 4 is 0 Å². The number of hydrogen-bond donors (Lipinski definition) is 0. The largest absolute Gasteiger partial charge is 0.313 e. The molecule has 0 aliphatic rings. The van der Waals surface area contributed by atoms with E-state index in [-0.39, 0.29) is 5.56 Å². The van der Waals surface area contributed by atoms with E-state index in [9.17, 15) is 8.78 Å². The maximum atomic E-state index is 13.8. The summed E-state index contributed by atoms with van der Waals surface area (Å²) in [4.78, 5) is 0. The van der Waals surface area contributed by atoms with Gasteiger partial charge in [-0.3, -0.25) is 0 Å². The highest BCUT2D eigenvalue weighted by molar-refractivity contribution is 5.57. The summed E-state index contributed by atoms with van der Waals surface area (Å²) in [7, 11) is 0. The van der Waals surface area contributed by atoms with Gasteiger partial charge in [0.15, 0.2) is 5.82 Å². The van der Waals surface area contributed by atoms with Gasteiger partial charge in [0.05, 0.1) is 5.56 Å². The Balaban J connectivity index is 2.49. The van der Waals surface area contributed by atoms with E-state index >= 15 is 0 Å². The Morgan fingerprint density at radius 1 is 1.22 bits per heavy atom. The van der Waals surface area contributed by atoms with Crippen molar-refractivity contribution < 1.29 is 8.78 Å². The van der Waals surface area contributed by atoms with E-state index in [0.29, 0.717) is 23.9 Å². The number of aryl methyl sites for hydroxylation is 1. The van der Waals surface area contributed by atoms with Crippen molar-refractivity contribution in [3.63, 3.8) is 0 Å². The average Bonchev–Trinajstić information content (AvgIpc) is 2.70. The zero-order chi connectivity index (χ0) is 13.3. The third-order valence-corrected chi connectivity index (χ3v) is 2.67. The molecule has 0 spiro atoms. The summed E-state index contributed by atoms with van der Waals surface area (Å²) in [5.41, 5.74) is 0.678. The van der Waals surface area contributed by atoms with Gasteiger partial charge in [-0.15, -0.1) is 10.2 Å². The highest BCUT2D eigenvalue weighted by Gasteiger charge is 2.15. The van der Waals surface area contributed by atoms with E-state index in [0.717, 1.165) is 6.07 Å². The van der Waals surface area contributed by atoms with Crippen LogP contribution >= 0.6 is 0 Å². The number of benzene rings is 1. The van der Waals surface area contributed by atoms with Crippen LogP contribution in [0, 0.1) is 24.5 Å². The second-order valence-electron chi connectivity index (χ2n) is 4.78. The third-order valence-electron chi connectivity index (χ3n) is 2.67. The molecule has 5 heteroatoms. The first-order chi connectivity index (χ1) is 8.49. The van der Waals surface area contributed by atoms with Crippen LogP contribution in [0.1, 0.15) is 19.4 Å². The zero-order valence-corrected chi connectivity index (χ0v) is 10.6. The Hall–Kier alpha value is -1.78. The molecule has 0 bridgehead atoms. The van der Waals surface area contributed by atoms with Gasteiger partial charge < -0.3 is 4.57 Å². The first-order valence-corrected chi connectivity index (χ1v) is 5.83. The van der Waals surface area contributed by atoms with E-state index in [1.807, 2.05) is 0 Å². The van der Waals surface area contributed by atoms with E-state index in [4.69, 9.17) is 0 Å². The van der Waals surface area contributed by atoms with Gasteiger partial charge in [0.1, 0.15) is 18.0 Å². The smallest absolute Gasteiger partial charge is 0.166 e. The van der Waals surface area contributed by atoms with Crippen LogP contribution in [-0.2, 0) is 6.54 Å². The molecule has 0 atom stereocenters. The van der Waals surface area contributed by atoms with Crippen LogP contribution in [0.5, 0.6) is 0 Å². The number of aromatic nitrogens is 3. The van der Waals surface area contributed by atoms with Gasteiger partial charge in [-0.2, -0.15) is 0 Å². The number of rotatable bonds is 3. The molecule has 1 aromatic heterocycles. The Bertz CT molecular complexity index is 561. The molecular formula is C13H15F2N3. The topological polar surface area (TPSA) is 30.7 Å². The molecular weight excluding hydrogens is 236 g/mol. The number of halogens is 2. The lowest BCUT2D eigenvalue weighted by Gasteiger charge is -2.10. The lowest BCUT2D eigenvalue weighted by Crippen LogP contribution is -2.06. The van der Waals surface area contributed by atoms with Gasteiger partial charge in [0.25, 0.3) is 0 Å². The molecule has 1 heterocycles. The molecule has 0 aliphatic carbocycles. The Morgan fingerprint density at radius 2 is 1.94 bits per heavy atom. The molecule has 0 aliphatic heterocycles. The van der Waals surface area contributed by atoms with Gasteiger partial charge in [0, 0.05) is 12.6 Å². The quantitative estimate of drug-likeness (QED) is 0.838.